The lowest BCUT2D eigenvalue weighted by Gasteiger charge is -2.34. The van der Waals surface area contributed by atoms with E-state index in [1.54, 1.807) is 0 Å². The van der Waals surface area contributed by atoms with E-state index in [1.807, 2.05) is 18.9 Å². The molecule has 0 aromatic heterocycles. The van der Waals surface area contributed by atoms with Crippen LogP contribution in [0.4, 0.5) is 0 Å². The quantitative estimate of drug-likeness (QED) is 0.516. The van der Waals surface area contributed by atoms with Gasteiger partial charge in [0.05, 0.1) is 12.1 Å². The molecular formula is C20H34N4S. The lowest BCUT2D eigenvalue weighted by atomic mass is 10.0. The summed E-state index contributed by atoms with van der Waals surface area (Å²) in [6.45, 7) is 12.6. The molecule has 2 rings (SSSR count). The van der Waals surface area contributed by atoms with Gasteiger partial charge in [0.25, 0.3) is 0 Å². The van der Waals surface area contributed by atoms with Gasteiger partial charge in [-0.2, -0.15) is 5.10 Å². The fourth-order valence-electron chi connectivity index (χ4n) is 2.81. The third kappa shape index (κ3) is 6.38. The van der Waals surface area contributed by atoms with Crippen molar-refractivity contribution >= 4 is 24.5 Å². The van der Waals surface area contributed by atoms with Crippen LogP contribution in [0.1, 0.15) is 67.2 Å². The normalized spacial score (nSPS) is 21.6. The summed E-state index contributed by atoms with van der Waals surface area (Å²) in [4.78, 5) is 4.82. The molecule has 2 aliphatic heterocycles. The number of hydrogen-bond acceptors (Lipinski definition) is 5. The van der Waals surface area contributed by atoms with Gasteiger partial charge in [0, 0.05) is 6.42 Å². The van der Waals surface area contributed by atoms with Crippen molar-refractivity contribution in [3.8, 4) is 0 Å². The third-order valence-electron chi connectivity index (χ3n) is 4.06. The van der Waals surface area contributed by atoms with Gasteiger partial charge in [-0.3, -0.25) is 4.99 Å². The highest BCUT2D eigenvalue weighted by molar-refractivity contribution is 7.78. The zero-order valence-corrected chi connectivity index (χ0v) is 17.5. The van der Waals surface area contributed by atoms with Gasteiger partial charge in [0.15, 0.2) is 0 Å². The van der Waals surface area contributed by atoms with E-state index in [9.17, 15) is 0 Å². The fraction of sp³-hybridized carbons (Fsp3) is 0.600. The maximum atomic E-state index is 4.82. The van der Waals surface area contributed by atoms with E-state index in [4.69, 9.17) is 4.99 Å². The first-order valence-corrected chi connectivity index (χ1v) is 9.86. The first-order valence-electron chi connectivity index (χ1n) is 9.41. The Kier molecular flexibility index (Phi) is 9.65. The molecule has 1 N–H and O–H groups in total. The number of aliphatic imine (C=N–C) groups is 1. The average molecular weight is 363 g/mol. The van der Waals surface area contributed by atoms with Crippen LogP contribution in [-0.4, -0.2) is 28.8 Å². The van der Waals surface area contributed by atoms with Crippen molar-refractivity contribution in [2.75, 3.05) is 0 Å². The Bertz CT molecular complexity index is 572. The highest BCUT2D eigenvalue weighted by Crippen LogP contribution is 2.25. The smallest absolute Gasteiger partial charge is 0.148 e. The van der Waals surface area contributed by atoms with Crippen molar-refractivity contribution in [1.29, 1.82) is 0 Å². The van der Waals surface area contributed by atoms with Gasteiger partial charge >= 0.3 is 0 Å². The molecule has 4 nitrogen and oxygen atoms in total. The van der Waals surface area contributed by atoms with Crippen LogP contribution in [0.15, 0.2) is 45.5 Å². The monoisotopic (exact) mass is 362 g/mol. The number of fused-ring (bicyclic) bond motifs is 1. The van der Waals surface area contributed by atoms with E-state index in [1.165, 1.54) is 11.1 Å². The lowest BCUT2D eigenvalue weighted by molar-refractivity contribution is 0.385. The molecule has 0 aromatic rings. The number of hydrogen-bond donors (Lipinski definition) is 2. The Morgan fingerprint density at radius 2 is 2.20 bits per heavy atom. The number of nitrogens with one attached hydrogen (secondary N) is 1. The first-order chi connectivity index (χ1) is 12.0. The zero-order chi connectivity index (χ0) is 18.8. The van der Waals surface area contributed by atoms with Crippen LogP contribution in [0.3, 0.4) is 0 Å². The Morgan fingerprint density at radius 3 is 2.84 bits per heavy atom. The van der Waals surface area contributed by atoms with Crippen LogP contribution in [0.5, 0.6) is 0 Å². The molecule has 2 unspecified atom stereocenters. The van der Waals surface area contributed by atoms with Crippen molar-refractivity contribution in [2.24, 2.45) is 10.1 Å². The van der Waals surface area contributed by atoms with Crippen LogP contribution >= 0.6 is 12.8 Å². The summed E-state index contributed by atoms with van der Waals surface area (Å²) in [6.07, 6.45) is 12.8. The number of thiol groups is 1. The van der Waals surface area contributed by atoms with E-state index in [0.29, 0.717) is 6.04 Å². The predicted molar refractivity (Wildman–Crippen MR) is 114 cm³/mol. The number of amidine groups is 2. The molecule has 25 heavy (non-hydrogen) atoms. The second-order valence-electron chi connectivity index (χ2n) is 6.28. The average Bonchev–Trinajstić information content (AvgIpc) is 2.62. The Labute approximate surface area is 159 Å². The molecule has 0 aromatic carbocycles. The van der Waals surface area contributed by atoms with Crippen LogP contribution < -0.4 is 4.72 Å². The van der Waals surface area contributed by atoms with Crippen LogP contribution in [-0.2, 0) is 0 Å². The molecule has 0 bridgehead atoms. The van der Waals surface area contributed by atoms with Gasteiger partial charge in [0.2, 0.25) is 0 Å². The van der Waals surface area contributed by atoms with E-state index < -0.39 is 0 Å². The van der Waals surface area contributed by atoms with E-state index in [2.05, 4.69) is 74.6 Å². The highest BCUT2D eigenvalue weighted by atomic mass is 32.1. The number of hydrazone groups is 1. The van der Waals surface area contributed by atoms with Crippen molar-refractivity contribution in [1.82, 2.24) is 9.73 Å². The summed E-state index contributed by atoms with van der Waals surface area (Å²) in [6, 6.07) is 0.483. The highest BCUT2D eigenvalue weighted by Gasteiger charge is 2.28. The van der Waals surface area contributed by atoms with Crippen LogP contribution in [0.25, 0.3) is 0 Å². The van der Waals surface area contributed by atoms with Crippen molar-refractivity contribution in [3.05, 3.63) is 35.5 Å². The topological polar surface area (TPSA) is 40.0 Å². The van der Waals surface area contributed by atoms with E-state index >= 15 is 0 Å². The first kappa shape index (κ1) is 21.6. The molecule has 2 aliphatic rings. The molecule has 0 spiro atoms. The maximum absolute atomic E-state index is 4.82. The number of rotatable bonds is 5. The van der Waals surface area contributed by atoms with E-state index in [0.717, 1.165) is 37.4 Å². The minimum Gasteiger partial charge on any atom is -0.319 e. The summed E-state index contributed by atoms with van der Waals surface area (Å²) in [7, 11) is 0. The second-order valence-corrected chi connectivity index (χ2v) is 6.50. The fourth-order valence-corrected chi connectivity index (χ4v) is 2.93. The Balaban J connectivity index is 0.00000151. The molecule has 5 heteroatoms. The minimum atomic E-state index is 0.161. The summed E-state index contributed by atoms with van der Waals surface area (Å²) >= 11 is 4.17. The largest absolute Gasteiger partial charge is 0.319 e. The molecule has 0 radical (unpaired) electrons. The lowest BCUT2D eigenvalue weighted by Crippen LogP contribution is -2.42. The molecular weight excluding hydrogens is 328 g/mol. The molecule has 0 amide bonds. The van der Waals surface area contributed by atoms with Gasteiger partial charge in [-0.05, 0) is 45.6 Å². The van der Waals surface area contributed by atoms with Crippen molar-refractivity contribution in [2.45, 2.75) is 79.3 Å². The molecule has 140 valence electrons. The summed E-state index contributed by atoms with van der Waals surface area (Å²) < 4.78 is 2.90. The summed E-state index contributed by atoms with van der Waals surface area (Å²) in [5.41, 5.74) is 2.65. The van der Waals surface area contributed by atoms with Crippen LogP contribution in [0, 0.1) is 0 Å². The van der Waals surface area contributed by atoms with Gasteiger partial charge in [-0.1, -0.05) is 63.5 Å². The third-order valence-corrected chi connectivity index (χ3v) is 4.32. The van der Waals surface area contributed by atoms with Gasteiger partial charge in [-0.25, -0.2) is 5.01 Å². The zero-order valence-electron chi connectivity index (χ0n) is 16.6. The standard InChI is InChI=1S/C18H28N4S.C2H6/c1-5-7-13(2)8-6-9-15(4)22-18-16(11-10-14(3)19-18)12-17(20-22)21-23;1-2/h6-7,9,11,14-15,23H,5,8,10,12H2,1-4H3,(H,20,21);1-2H3/b9-6-,13-7-;. The number of nitrogens with zero attached hydrogens (tertiary/aromatic N) is 3. The van der Waals surface area contributed by atoms with Gasteiger partial charge in [-0.15, -0.1) is 0 Å². The molecule has 2 atom stereocenters. The molecule has 0 saturated heterocycles. The predicted octanol–water partition coefficient (Wildman–Crippen LogP) is 5.27. The van der Waals surface area contributed by atoms with Crippen molar-refractivity contribution in [3.63, 3.8) is 0 Å². The Morgan fingerprint density at radius 1 is 1.48 bits per heavy atom. The molecule has 2 heterocycles. The minimum absolute atomic E-state index is 0.161. The molecule has 0 fully saturated rings. The van der Waals surface area contributed by atoms with E-state index in [-0.39, 0.29) is 6.04 Å². The Hall–Kier alpha value is -1.49. The van der Waals surface area contributed by atoms with Crippen molar-refractivity contribution < 1.29 is 0 Å². The maximum Gasteiger partial charge on any atom is 0.148 e. The molecule has 0 aliphatic carbocycles. The van der Waals surface area contributed by atoms with Gasteiger partial charge < -0.3 is 4.72 Å². The molecule has 0 saturated carbocycles. The van der Waals surface area contributed by atoms with Gasteiger partial charge in [0.1, 0.15) is 11.7 Å². The van der Waals surface area contributed by atoms with Crippen LogP contribution in [0.2, 0.25) is 0 Å². The second kappa shape index (κ2) is 11.2. The summed E-state index contributed by atoms with van der Waals surface area (Å²) in [5.74, 6) is 1.88. The SMILES string of the molecule is CC.CC/C=C(/C)C/C=C\C(C)N1N=C(NS)CC2=CCC(C)N=C21. The number of allylic oxidation sites excluding steroid dienone is 3. The summed E-state index contributed by atoms with van der Waals surface area (Å²) in [5, 5.41) is 6.69. The number of dihydropyridines is 1.